The first-order chi connectivity index (χ1) is 10.9. The molecule has 23 heavy (non-hydrogen) atoms. The molecule has 0 aliphatic heterocycles. The van der Waals surface area contributed by atoms with Crippen molar-refractivity contribution in [2.75, 3.05) is 5.32 Å². The number of amides is 1. The van der Waals surface area contributed by atoms with E-state index < -0.39 is 0 Å². The number of carbonyl (C=O) groups is 1. The van der Waals surface area contributed by atoms with E-state index in [-0.39, 0.29) is 12.0 Å². The lowest BCUT2D eigenvalue weighted by molar-refractivity contribution is -0.111. The Morgan fingerprint density at radius 2 is 1.78 bits per heavy atom. The van der Waals surface area contributed by atoms with Gasteiger partial charge in [0.25, 0.3) is 0 Å². The number of rotatable bonds is 5. The molecule has 0 spiro atoms. The Kier molecular flexibility index (Phi) is 6.08. The Hall–Kier alpha value is -1.97. The molecule has 2 aromatic rings. The van der Waals surface area contributed by atoms with E-state index in [0.717, 1.165) is 11.3 Å². The maximum absolute atomic E-state index is 11.9. The first-order valence-corrected chi connectivity index (χ1v) is 7.90. The van der Waals surface area contributed by atoms with Gasteiger partial charge in [-0.15, -0.1) is 0 Å². The van der Waals surface area contributed by atoms with Gasteiger partial charge in [-0.1, -0.05) is 29.3 Å². The van der Waals surface area contributed by atoms with E-state index in [1.165, 1.54) is 6.08 Å². The van der Waals surface area contributed by atoms with Gasteiger partial charge in [0.1, 0.15) is 5.75 Å². The quantitative estimate of drug-likeness (QED) is 0.730. The third kappa shape index (κ3) is 5.62. The number of hydrogen-bond acceptors (Lipinski definition) is 2. The zero-order valence-corrected chi connectivity index (χ0v) is 14.4. The summed E-state index contributed by atoms with van der Waals surface area (Å²) in [5, 5.41) is 3.72. The van der Waals surface area contributed by atoms with E-state index in [1.807, 2.05) is 26.0 Å². The van der Waals surface area contributed by atoms with Gasteiger partial charge in [0.15, 0.2) is 0 Å². The molecule has 120 valence electrons. The molecular weight excluding hydrogens is 333 g/mol. The van der Waals surface area contributed by atoms with Crippen molar-refractivity contribution in [1.29, 1.82) is 0 Å². The Balaban J connectivity index is 1.96. The van der Waals surface area contributed by atoms with Gasteiger partial charge in [0.2, 0.25) is 5.91 Å². The predicted octanol–water partition coefficient (Wildman–Crippen LogP) is 5.43. The van der Waals surface area contributed by atoms with E-state index >= 15 is 0 Å². The van der Waals surface area contributed by atoms with E-state index in [0.29, 0.717) is 15.7 Å². The van der Waals surface area contributed by atoms with Crippen molar-refractivity contribution in [3.8, 4) is 5.75 Å². The summed E-state index contributed by atoms with van der Waals surface area (Å²) in [6.07, 6.45) is 3.23. The van der Waals surface area contributed by atoms with Crippen molar-refractivity contribution < 1.29 is 9.53 Å². The smallest absolute Gasteiger partial charge is 0.248 e. The first kappa shape index (κ1) is 17.4. The van der Waals surface area contributed by atoms with Crippen LogP contribution < -0.4 is 10.1 Å². The summed E-state index contributed by atoms with van der Waals surface area (Å²) in [6.45, 7) is 3.92. The number of benzene rings is 2. The van der Waals surface area contributed by atoms with Crippen LogP contribution in [0.4, 0.5) is 5.69 Å². The van der Waals surface area contributed by atoms with Crippen LogP contribution in [0.2, 0.25) is 10.0 Å². The molecule has 0 atom stereocenters. The monoisotopic (exact) mass is 349 g/mol. The maximum Gasteiger partial charge on any atom is 0.248 e. The molecule has 2 rings (SSSR count). The molecule has 0 saturated heterocycles. The van der Waals surface area contributed by atoms with Gasteiger partial charge < -0.3 is 10.1 Å². The number of nitrogens with one attached hydrogen (secondary N) is 1. The minimum atomic E-state index is -0.228. The summed E-state index contributed by atoms with van der Waals surface area (Å²) >= 11 is 11.8. The van der Waals surface area contributed by atoms with Crippen LogP contribution in [0.1, 0.15) is 19.4 Å². The van der Waals surface area contributed by atoms with Crippen LogP contribution in [0.5, 0.6) is 5.75 Å². The summed E-state index contributed by atoms with van der Waals surface area (Å²) in [6, 6.07) is 12.4. The summed E-state index contributed by atoms with van der Waals surface area (Å²) < 4.78 is 5.55. The molecule has 1 amide bonds. The SMILES string of the molecule is CC(C)Oc1ccc(NC(=O)/C=C/c2ccc(Cl)c(Cl)c2)cc1. The van der Waals surface area contributed by atoms with Gasteiger partial charge in [-0.2, -0.15) is 0 Å². The third-order valence-corrected chi connectivity index (χ3v) is 3.60. The second-order valence-corrected chi connectivity index (χ2v) is 6.00. The van der Waals surface area contributed by atoms with Crippen LogP contribution in [-0.2, 0) is 4.79 Å². The molecule has 0 fully saturated rings. The van der Waals surface area contributed by atoms with Crippen LogP contribution in [0, 0.1) is 0 Å². The van der Waals surface area contributed by atoms with Crippen molar-refractivity contribution in [3.63, 3.8) is 0 Å². The molecular formula is C18H17Cl2NO2. The Labute approximate surface area is 145 Å². The molecule has 0 saturated carbocycles. The molecule has 0 bridgehead atoms. The van der Waals surface area contributed by atoms with Crippen molar-refractivity contribution in [2.45, 2.75) is 20.0 Å². The van der Waals surface area contributed by atoms with Crippen molar-refractivity contribution in [1.82, 2.24) is 0 Å². The Morgan fingerprint density at radius 1 is 1.09 bits per heavy atom. The lowest BCUT2D eigenvalue weighted by atomic mass is 10.2. The molecule has 5 heteroatoms. The number of ether oxygens (including phenoxy) is 1. The fourth-order valence-electron chi connectivity index (χ4n) is 1.86. The Bertz CT molecular complexity index is 709. The molecule has 0 unspecified atom stereocenters. The van der Waals surface area contributed by atoms with Crippen LogP contribution in [0.25, 0.3) is 6.08 Å². The second-order valence-electron chi connectivity index (χ2n) is 5.19. The molecule has 3 nitrogen and oxygen atoms in total. The number of anilines is 1. The number of carbonyl (C=O) groups excluding carboxylic acids is 1. The lowest BCUT2D eigenvalue weighted by Gasteiger charge is -2.10. The normalized spacial score (nSPS) is 11.0. The molecule has 0 radical (unpaired) electrons. The van der Waals surface area contributed by atoms with Crippen LogP contribution in [-0.4, -0.2) is 12.0 Å². The molecule has 0 aliphatic rings. The third-order valence-electron chi connectivity index (χ3n) is 2.86. The number of hydrogen-bond donors (Lipinski definition) is 1. The summed E-state index contributed by atoms with van der Waals surface area (Å²) in [7, 11) is 0. The van der Waals surface area contributed by atoms with Gasteiger partial charge in [0.05, 0.1) is 16.1 Å². The zero-order chi connectivity index (χ0) is 16.8. The zero-order valence-electron chi connectivity index (χ0n) is 12.8. The van der Waals surface area contributed by atoms with Gasteiger partial charge in [-0.05, 0) is 61.9 Å². The molecule has 0 aromatic heterocycles. The van der Waals surface area contributed by atoms with Gasteiger partial charge in [0, 0.05) is 11.8 Å². The first-order valence-electron chi connectivity index (χ1n) is 7.15. The number of halogens is 2. The van der Waals surface area contributed by atoms with Crippen LogP contribution >= 0.6 is 23.2 Å². The van der Waals surface area contributed by atoms with Crippen molar-refractivity contribution in [2.24, 2.45) is 0 Å². The van der Waals surface area contributed by atoms with Crippen molar-refractivity contribution >= 4 is 40.9 Å². The predicted molar refractivity (Wildman–Crippen MR) is 96.3 cm³/mol. The van der Waals surface area contributed by atoms with Gasteiger partial charge in [-0.3, -0.25) is 4.79 Å². The minimum Gasteiger partial charge on any atom is -0.491 e. The Morgan fingerprint density at radius 3 is 2.39 bits per heavy atom. The largest absolute Gasteiger partial charge is 0.491 e. The lowest BCUT2D eigenvalue weighted by Crippen LogP contribution is -2.08. The van der Waals surface area contributed by atoms with Crippen molar-refractivity contribution in [3.05, 3.63) is 64.1 Å². The highest BCUT2D eigenvalue weighted by atomic mass is 35.5. The van der Waals surface area contributed by atoms with E-state index in [4.69, 9.17) is 27.9 Å². The van der Waals surface area contributed by atoms with Gasteiger partial charge >= 0.3 is 0 Å². The molecule has 0 heterocycles. The highest BCUT2D eigenvalue weighted by molar-refractivity contribution is 6.42. The highest BCUT2D eigenvalue weighted by Gasteiger charge is 2.01. The molecule has 1 N–H and O–H groups in total. The average molecular weight is 350 g/mol. The van der Waals surface area contributed by atoms with E-state index in [1.54, 1.807) is 36.4 Å². The van der Waals surface area contributed by atoms with Crippen LogP contribution in [0.15, 0.2) is 48.5 Å². The summed E-state index contributed by atoms with van der Waals surface area (Å²) in [5.41, 5.74) is 1.50. The van der Waals surface area contributed by atoms with E-state index in [9.17, 15) is 4.79 Å². The fourth-order valence-corrected chi connectivity index (χ4v) is 2.17. The fraction of sp³-hybridized carbons (Fsp3) is 0.167. The standard InChI is InChI=1S/C18H17Cl2NO2/c1-12(2)23-15-7-5-14(6-8-15)21-18(22)10-4-13-3-9-16(19)17(20)11-13/h3-12H,1-2H3,(H,21,22)/b10-4+. The molecule has 0 aliphatic carbocycles. The average Bonchev–Trinajstić information content (AvgIpc) is 2.50. The molecule has 2 aromatic carbocycles. The van der Waals surface area contributed by atoms with Gasteiger partial charge in [-0.25, -0.2) is 0 Å². The van der Waals surface area contributed by atoms with E-state index in [2.05, 4.69) is 5.32 Å². The maximum atomic E-state index is 11.9. The topological polar surface area (TPSA) is 38.3 Å². The summed E-state index contributed by atoms with van der Waals surface area (Å²) in [4.78, 5) is 11.9. The second kappa shape index (κ2) is 8.04. The summed E-state index contributed by atoms with van der Waals surface area (Å²) in [5.74, 6) is 0.540. The minimum absolute atomic E-state index is 0.115. The highest BCUT2D eigenvalue weighted by Crippen LogP contribution is 2.23. The van der Waals surface area contributed by atoms with Crippen LogP contribution in [0.3, 0.4) is 0 Å².